The summed E-state index contributed by atoms with van der Waals surface area (Å²) < 4.78 is 33.4. The molecule has 2 aromatic carbocycles. The summed E-state index contributed by atoms with van der Waals surface area (Å²) in [5.41, 5.74) is 1.52. The summed E-state index contributed by atoms with van der Waals surface area (Å²) in [4.78, 5) is 14.8. The summed E-state index contributed by atoms with van der Waals surface area (Å²) in [7, 11) is 0. The minimum atomic E-state index is -0.287. The molecule has 0 radical (unpaired) electrons. The van der Waals surface area contributed by atoms with Crippen LogP contribution in [0.15, 0.2) is 42.5 Å². The highest BCUT2D eigenvalue weighted by Gasteiger charge is 2.30. The van der Waals surface area contributed by atoms with Crippen molar-refractivity contribution in [1.82, 2.24) is 10.2 Å². The maximum atomic E-state index is 14.1. The van der Waals surface area contributed by atoms with Crippen LogP contribution in [-0.4, -0.2) is 36.5 Å². The number of rotatable bonds is 2. The maximum absolute atomic E-state index is 14.1. The number of amides is 1. The maximum Gasteiger partial charge on any atom is 0.258 e. The van der Waals surface area contributed by atoms with Crippen LogP contribution >= 0.6 is 0 Å². The summed E-state index contributed by atoms with van der Waals surface area (Å²) >= 11 is 0. The van der Waals surface area contributed by atoms with Crippen LogP contribution in [0.25, 0.3) is 0 Å². The van der Waals surface area contributed by atoms with E-state index in [0.717, 1.165) is 50.8 Å². The van der Waals surface area contributed by atoms with Crippen molar-refractivity contribution < 1.29 is 18.3 Å². The van der Waals surface area contributed by atoms with Crippen molar-refractivity contribution in [3.8, 4) is 5.75 Å². The molecule has 1 fully saturated rings. The van der Waals surface area contributed by atoms with E-state index in [0.29, 0.717) is 23.8 Å². The molecule has 6 heteroatoms. The van der Waals surface area contributed by atoms with Crippen LogP contribution in [0, 0.1) is 17.6 Å². The first kappa shape index (κ1) is 20.8. The van der Waals surface area contributed by atoms with Crippen LogP contribution in [0.1, 0.15) is 36.8 Å². The van der Waals surface area contributed by atoms with Gasteiger partial charge in [0.1, 0.15) is 17.4 Å². The summed E-state index contributed by atoms with van der Waals surface area (Å²) in [5, 5.41) is 3.14. The molecule has 0 bridgehead atoms. The zero-order chi connectivity index (χ0) is 20.9. The fourth-order valence-corrected chi connectivity index (χ4v) is 4.60. The van der Waals surface area contributed by atoms with Crippen LogP contribution in [0.3, 0.4) is 0 Å². The Bertz CT molecular complexity index is 889. The number of halogens is 2. The Labute approximate surface area is 176 Å². The Hall–Kier alpha value is -2.47. The summed E-state index contributed by atoms with van der Waals surface area (Å²) in [5.74, 6) is 0.285. The first-order chi connectivity index (χ1) is 14.6. The number of carbonyl (C=O) groups is 1. The fraction of sp³-hybridized carbons (Fsp3) is 0.458. The number of benzene rings is 2. The predicted octanol–water partition coefficient (Wildman–Crippen LogP) is 4.08. The zero-order valence-electron chi connectivity index (χ0n) is 17.1. The average Bonchev–Trinajstić information content (AvgIpc) is 2.73. The first-order valence-electron chi connectivity index (χ1n) is 10.7. The molecule has 1 N–H and O–H groups in total. The van der Waals surface area contributed by atoms with E-state index < -0.39 is 0 Å². The lowest BCUT2D eigenvalue weighted by Gasteiger charge is -2.39. The molecule has 0 unspecified atom stereocenters. The van der Waals surface area contributed by atoms with Gasteiger partial charge in [0.2, 0.25) is 0 Å². The van der Waals surface area contributed by atoms with E-state index in [1.54, 1.807) is 12.1 Å². The topological polar surface area (TPSA) is 41.6 Å². The number of ether oxygens (including phenoxy) is 1. The van der Waals surface area contributed by atoms with Gasteiger partial charge in [-0.2, -0.15) is 0 Å². The smallest absolute Gasteiger partial charge is 0.258 e. The minimum absolute atomic E-state index is 0.0687. The van der Waals surface area contributed by atoms with Gasteiger partial charge in [-0.3, -0.25) is 9.69 Å². The molecule has 0 aromatic heterocycles. The number of hydrogen-bond acceptors (Lipinski definition) is 3. The molecular weight excluding hydrogens is 386 g/mol. The van der Waals surface area contributed by atoms with E-state index in [1.165, 1.54) is 18.2 Å². The molecule has 30 heavy (non-hydrogen) atoms. The van der Waals surface area contributed by atoms with Gasteiger partial charge in [-0.05, 0) is 61.4 Å². The van der Waals surface area contributed by atoms with Gasteiger partial charge < -0.3 is 10.1 Å². The van der Waals surface area contributed by atoms with Crippen LogP contribution in [0.2, 0.25) is 0 Å². The van der Waals surface area contributed by atoms with E-state index in [-0.39, 0.29) is 30.2 Å². The number of aryl methyl sites for hydroxylation is 1. The molecule has 2 heterocycles. The molecule has 2 aliphatic rings. The van der Waals surface area contributed by atoms with Crippen molar-refractivity contribution in [1.29, 1.82) is 0 Å². The average molecular weight is 414 g/mol. The molecule has 160 valence electrons. The van der Waals surface area contributed by atoms with E-state index >= 15 is 0 Å². The number of carbonyl (C=O) groups excluding carboxylic acids is 1. The second-order valence-corrected chi connectivity index (χ2v) is 8.34. The monoisotopic (exact) mass is 414 g/mol. The van der Waals surface area contributed by atoms with Gasteiger partial charge in [-0.15, -0.1) is 0 Å². The highest BCUT2D eigenvalue weighted by atomic mass is 19.1. The Balaban J connectivity index is 1.43. The standard InChI is InChI=1S/C24H28F2N2O2/c25-20-9-10-23-17(13-20)5-1-2-7-19-15-28(14-18-6-3-4-8-21(18)26)12-11-22(19)27-24(29)16-30-23/h3-4,6,8-10,13,19,22H,1-2,5,7,11-12,14-16H2,(H,27,29)/t19-,22+/m1/s1. The Kier molecular flexibility index (Phi) is 6.62. The summed E-state index contributed by atoms with van der Waals surface area (Å²) in [6, 6.07) is 11.5. The van der Waals surface area contributed by atoms with Gasteiger partial charge in [0.15, 0.2) is 6.61 Å². The van der Waals surface area contributed by atoms with Crippen LogP contribution < -0.4 is 10.1 Å². The summed E-state index contributed by atoms with van der Waals surface area (Å²) in [6.45, 7) is 2.16. The van der Waals surface area contributed by atoms with Gasteiger partial charge in [-0.1, -0.05) is 24.6 Å². The van der Waals surface area contributed by atoms with Crippen molar-refractivity contribution in [3.63, 3.8) is 0 Å². The fourth-order valence-electron chi connectivity index (χ4n) is 4.60. The van der Waals surface area contributed by atoms with Crippen LogP contribution in [0.5, 0.6) is 5.75 Å². The molecular formula is C24H28F2N2O2. The number of nitrogens with one attached hydrogen (secondary N) is 1. The third-order valence-electron chi connectivity index (χ3n) is 6.17. The van der Waals surface area contributed by atoms with Crippen molar-refractivity contribution in [2.45, 2.75) is 44.7 Å². The third kappa shape index (κ3) is 5.17. The van der Waals surface area contributed by atoms with Gasteiger partial charge in [-0.25, -0.2) is 8.78 Å². The first-order valence-corrected chi connectivity index (χ1v) is 10.7. The second-order valence-electron chi connectivity index (χ2n) is 8.34. The van der Waals surface area contributed by atoms with Crippen molar-refractivity contribution >= 4 is 5.91 Å². The quantitative estimate of drug-likeness (QED) is 0.805. The van der Waals surface area contributed by atoms with Crippen molar-refractivity contribution in [2.75, 3.05) is 19.7 Å². The lowest BCUT2D eigenvalue weighted by molar-refractivity contribution is -0.124. The van der Waals surface area contributed by atoms with Gasteiger partial charge in [0.05, 0.1) is 0 Å². The van der Waals surface area contributed by atoms with Crippen molar-refractivity contribution in [2.24, 2.45) is 5.92 Å². The lowest BCUT2D eigenvalue weighted by atomic mass is 9.86. The zero-order valence-corrected chi connectivity index (χ0v) is 17.1. The molecule has 2 atom stereocenters. The van der Waals surface area contributed by atoms with E-state index in [1.807, 2.05) is 12.1 Å². The largest absolute Gasteiger partial charge is 0.483 e. The Morgan fingerprint density at radius 1 is 1.10 bits per heavy atom. The lowest BCUT2D eigenvalue weighted by Crippen LogP contribution is -2.51. The number of likely N-dealkylation sites (tertiary alicyclic amines) is 1. The third-order valence-corrected chi connectivity index (χ3v) is 6.17. The Morgan fingerprint density at radius 2 is 1.97 bits per heavy atom. The predicted molar refractivity (Wildman–Crippen MR) is 111 cm³/mol. The number of fused-ring (bicyclic) bond motifs is 2. The highest BCUT2D eigenvalue weighted by Crippen LogP contribution is 2.27. The molecule has 4 rings (SSSR count). The summed E-state index contributed by atoms with van der Waals surface area (Å²) in [6.07, 6.45) is 4.47. The van der Waals surface area contributed by atoms with Crippen molar-refractivity contribution in [3.05, 3.63) is 65.2 Å². The molecule has 1 amide bonds. The Morgan fingerprint density at radius 3 is 2.83 bits per heavy atom. The van der Waals surface area contributed by atoms with Gasteiger partial charge in [0.25, 0.3) is 5.91 Å². The SMILES string of the molecule is O=C1COc2ccc(F)cc2CCCC[C@@H]2CN(Cc3ccccc3F)CC[C@@H]2N1. The van der Waals surface area contributed by atoms with E-state index in [9.17, 15) is 13.6 Å². The van der Waals surface area contributed by atoms with Crippen LogP contribution in [-0.2, 0) is 17.8 Å². The normalized spacial score (nSPS) is 23.2. The van der Waals surface area contributed by atoms with E-state index in [4.69, 9.17) is 4.74 Å². The molecule has 4 nitrogen and oxygen atoms in total. The highest BCUT2D eigenvalue weighted by molar-refractivity contribution is 5.78. The van der Waals surface area contributed by atoms with Crippen LogP contribution in [0.4, 0.5) is 8.78 Å². The number of hydrogen-bond donors (Lipinski definition) is 1. The molecule has 0 aliphatic carbocycles. The number of nitrogens with zero attached hydrogens (tertiary/aromatic N) is 1. The minimum Gasteiger partial charge on any atom is -0.483 e. The van der Waals surface area contributed by atoms with Gasteiger partial charge >= 0.3 is 0 Å². The molecule has 1 saturated heterocycles. The molecule has 0 spiro atoms. The van der Waals surface area contributed by atoms with E-state index in [2.05, 4.69) is 10.2 Å². The molecule has 2 aromatic rings. The number of piperidine rings is 1. The molecule has 2 aliphatic heterocycles. The van der Waals surface area contributed by atoms with Gasteiger partial charge in [0, 0.05) is 31.2 Å². The molecule has 0 saturated carbocycles. The second kappa shape index (κ2) is 9.56.